The van der Waals surface area contributed by atoms with Crippen molar-refractivity contribution in [2.45, 2.75) is 102 Å². The molecular formula is C23H54O6Si3. The average molecular weight is 511 g/mol. The molecule has 0 atom stereocenters. The normalized spacial score (nSPS) is 12.6. The maximum atomic E-state index is 5.45. The molecule has 0 amide bonds. The SMILES string of the molecule is CO[SiH](CCCCCC(C)(CCCCC[SiH](OC)OC)CCCCC[SiH](OC)OC)OC. The summed E-state index contributed by atoms with van der Waals surface area (Å²) in [6.45, 7) is 2.53. The third kappa shape index (κ3) is 16.9. The zero-order valence-corrected chi connectivity index (χ0v) is 25.8. The van der Waals surface area contributed by atoms with Crippen molar-refractivity contribution in [1.29, 1.82) is 0 Å². The summed E-state index contributed by atoms with van der Waals surface area (Å²) >= 11 is 0. The van der Waals surface area contributed by atoms with E-state index in [1.165, 1.54) is 77.0 Å². The molecule has 0 aliphatic rings. The van der Waals surface area contributed by atoms with Crippen molar-refractivity contribution in [3.05, 3.63) is 0 Å². The summed E-state index contributed by atoms with van der Waals surface area (Å²) in [5, 5.41) is 0. The van der Waals surface area contributed by atoms with Gasteiger partial charge in [0.05, 0.1) is 0 Å². The molecule has 0 unspecified atom stereocenters. The molecule has 0 bridgehead atoms. The molecule has 194 valence electrons. The van der Waals surface area contributed by atoms with Gasteiger partial charge in [0.2, 0.25) is 0 Å². The van der Waals surface area contributed by atoms with Crippen LogP contribution in [0.3, 0.4) is 0 Å². The summed E-state index contributed by atoms with van der Waals surface area (Å²) in [7, 11) is 6.52. The molecule has 0 spiro atoms. The van der Waals surface area contributed by atoms with Gasteiger partial charge in [-0.1, -0.05) is 64.7 Å². The first-order chi connectivity index (χ1) is 15.5. The van der Waals surface area contributed by atoms with Crippen molar-refractivity contribution >= 4 is 27.9 Å². The highest BCUT2D eigenvalue weighted by Crippen LogP contribution is 2.37. The van der Waals surface area contributed by atoms with Crippen LogP contribution in [-0.2, 0) is 26.6 Å². The summed E-state index contributed by atoms with van der Waals surface area (Å²) in [5.41, 5.74) is 0.456. The maximum Gasteiger partial charge on any atom is 0.320 e. The van der Waals surface area contributed by atoms with Crippen LogP contribution in [0, 0.1) is 5.41 Å². The first-order valence-corrected chi connectivity index (χ1v) is 17.9. The second-order valence-electron chi connectivity index (χ2n) is 9.31. The van der Waals surface area contributed by atoms with E-state index in [0.717, 1.165) is 18.1 Å². The Labute approximate surface area is 204 Å². The molecule has 0 radical (unpaired) electrons. The Morgan fingerprint density at radius 3 is 0.875 bits per heavy atom. The molecule has 0 aromatic heterocycles. The molecule has 0 rings (SSSR count). The largest absolute Gasteiger partial charge is 0.400 e. The third-order valence-electron chi connectivity index (χ3n) is 6.74. The van der Waals surface area contributed by atoms with Crippen molar-refractivity contribution in [3.8, 4) is 0 Å². The van der Waals surface area contributed by atoms with Crippen LogP contribution in [0.15, 0.2) is 0 Å². The van der Waals surface area contributed by atoms with E-state index in [2.05, 4.69) is 6.92 Å². The monoisotopic (exact) mass is 510 g/mol. The third-order valence-corrected chi connectivity index (χ3v) is 12.5. The van der Waals surface area contributed by atoms with E-state index in [1.807, 2.05) is 0 Å². The second kappa shape index (κ2) is 21.9. The molecule has 0 fully saturated rings. The van der Waals surface area contributed by atoms with Crippen LogP contribution in [0.25, 0.3) is 0 Å². The van der Waals surface area contributed by atoms with Crippen molar-refractivity contribution in [2.24, 2.45) is 5.41 Å². The topological polar surface area (TPSA) is 55.4 Å². The van der Waals surface area contributed by atoms with Gasteiger partial charge >= 0.3 is 27.9 Å². The fraction of sp³-hybridized carbons (Fsp3) is 1.00. The quantitative estimate of drug-likeness (QED) is 0.131. The number of rotatable bonds is 24. The molecule has 9 heteroatoms. The standard InChI is InChI=1S/C23H54O6Si3/c1-23(17-11-8-14-20-30(24-2)25-3,18-12-9-15-21-31(26-4)27-5)19-13-10-16-22-32(28-6)29-7/h30-32H,8-22H2,1-7H3. The van der Waals surface area contributed by atoms with E-state index in [4.69, 9.17) is 26.6 Å². The highest BCUT2D eigenvalue weighted by molar-refractivity contribution is 6.44. The van der Waals surface area contributed by atoms with Crippen LogP contribution >= 0.6 is 0 Å². The van der Waals surface area contributed by atoms with Gasteiger partial charge in [0.25, 0.3) is 0 Å². The van der Waals surface area contributed by atoms with Gasteiger partial charge in [-0.15, -0.1) is 0 Å². The Morgan fingerprint density at radius 2 is 0.656 bits per heavy atom. The van der Waals surface area contributed by atoms with Crippen molar-refractivity contribution < 1.29 is 26.6 Å². The molecule has 0 N–H and O–H groups in total. The van der Waals surface area contributed by atoms with E-state index in [9.17, 15) is 0 Å². The molecule has 0 saturated heterocycles. The fourth-order valence-electron chi connectivity index (χ4n) is 4.49. The Bertz CT molecular complexity index is 339. The summed E-state index contributed by atoms with van der Waals surface area (Å²) < 4.78 is 32.7. The van der Waals surface area contributed by atoms with Gasteiger partial charge in [-0.3, -0.25) is 0 Å². The summed E-state index contributed by atoms with van der Waals surface area (Å²) in [6, 6.07) is 3.37. The minimum atomic E-state index is -1.39. The van der Waals surface area contributed by atoms with Gasteiger partial charge in [-0.05, 0) is 42.8 Å². The lowest BCUT2D eigenvalue weighted by molar-refractivity contribution is 0.222. The first kappa shape index (κ1) is 32.4. The van der Waals surface area contributed by atoms with Crippen LogP contribution < -0.4 is 0 Å². The van der Waals surface area contributed by atoms with Gasteiger partial charge in [-0.25, -0.2) is 0 Å². The van der Waals surface area contributed by atoms with Crippen LogP contribution in [0.2, 0.25) is 18.1 Å². The van der Waals surface area contributed by atoms with Crippen LogP contribution in [0.5, 0.6) is 0 Å². The van der Waals surface area contributed by atoms with E-state index in [-0.39, 0.29) is 0 Å². The first-order valence-electron chi connectivity index (χ1n) is 12.6. The van der Waals surface area contributed by atoms with Crippen molar-refractivity contribution in [1.82, 2.24) is 0 Å². The second-order valence-corrected chi connectivity index (χ2v) is 16.4. The van der Waals surface area contributed by atoms with Gasteiger partial charge in [-0.2, -0.15) is 0 Å². The molecule has 0 aromatic rings. The summed E-state index contributed by atoms with van der Waals surface area (Å²) in [4.78, 5) is 0. The van der Waals surface area contributed by atoms with Crippen LogP contribution in [-0.4, -0.2) is 70.5 Å². The molecule has 6 nitrogen and oxygen atoms in total. The zero-order chi connectivity index (χ0) is 24.1. The lowest BCUT2D eigenvalue weighted by atomic mass is 9.76. The van der Waals surface area contributed by atoms with E-state index < -0.39 is 27.9 Å². The zero-order valence-electron chi connectivity index (χ0n) is 22.3. The maximum absolute atomic E-state index is 5.45. The number of hydrogen-bond acceptors (Lipinski definition) is 6. The lowest BCUT2D eigenvalue weighted by Crippen LogP contribution is -2.20. The van der Waals surface area contributed by atoms with Gasteiger partial charge in [0, 0.05) is 42.7 Å². The molecular weight excluding hydrogens is 457 g/mol. The Balaban J connectivity index is 4.36. The molecule has 0 aromatic carbocycles. The minimum absolute atomic E-state index is 0.456. The van der Waals surface area contributed by atoms with Crippen LogP contribution in [0.1, 0.15) is 84.0 Å². The molecule has 0 saturated carbocycles. The molecule has 32 heavy (non-hydrogen) atoms. The highest BCUT2D eigenvalue weighted by atomic mass is 28.3. The summed E-state index contributed by atoms with van der Waals surface area (Å²) in [5.74, 6) is 0. The van der Waals surface area contributed by atoms with Gasteiger partial charge < -0.3 is 26.6 Å². The van der Waals surface area contributed by atoms with E-state index in [0.29, 0.717) is 5.41 Å². The van der Waals surface area contributed by atoms with E-state index in [1.54, 1.807) is 42.7 Å². The Hall–Kier alpha value is 0.411. The smallest absolute Gasteiger partial charge is 0.320 e. The van der Waals surface area contributed by atoms with Crippen molar-refractivity contribution in [3.63, 3.8) is 0 Å². The average Bonchev–Trinajstić information content (AvgIpc) is 2.81. The highest BCUT2D eigenvalue weighted by Gasteiger charge is 2.23. The Kier molecular flexibility index (Phi) is 22.2. The number of hydrogen-bond donors (Lipinski definition) is 0. The lowest BCUT2D eigenvalue weighted by Gasteiger charge is -2.30. The van der Waals surface area contributed by atoms with Crippen molar-refractivity contribution in [2.75, 3.05) is 42.7 Å². The van der Waals surface area contributed by atoms with Gasteiger partial charge in [0.15, 0.2) is 0 Å². The molecule has 0 heterocycles. The van der Waals surface area contributed by atoms with Crippen LogP contribution in [0.4, 0.5) is 0 Å². The number of unbranched alkanes of at least 4 members (excludes halogenated alkanes) is 6. The molecule has 0 aliphatic carbocycles. The predicted octanol–water partition coefficient (Wildman–Crippen LogP) is 5.21. The molecule has 0 aliphatic heterocycles. The predicted molar refractivity (Wildman–Crippen MR) is 141 cm³/mol. The summed E-state index contributed by atoms with van der Waals surface area (Å²) in [6.07, 6.45) is 15.5. The van der Waals surface area contributed by atoms with Gasteiger partial charge in [0.1, 0.15) is 0 Å². The minimum Gasteiger partial charge on any atom is -0.400 e. The van der Waals surface area contributed by atoms with E-state index >= 15 is 0 Å². The Morgan fingerprint density at radius 1 is 0.406 bits per heavy atom. The fourth-order valence-corrected chi connectivity index (χ4v) is 8.35.